The van der Waals surface area contributed by atoms with Crippen molar-refractivity contribution in [2.24, 2.45) is 0 Å². The van der Waals surface area contributed by atoms with Crippen LogP contribution in [0.25, 0.3) is 21.5 Å². The second-order valence-corrected chi connectivity index (χ2v) is 9.49. The molecule has 6 rings (SSSR count). The Morgan fingerprint density at radius 1 is 0.667 bits per heavy atom. The number of rotatable bonds is 6. The van der Waals surface area contributed by atoms with Crippen LogP contribution in [0.15, 0.2) is 103 Å². The number of para-hydroxylation sites is 1. The van der Waals surface area contributed by atoms with Gasteiger partial charge in [-0.1, -0.05) is 97.1 Å². The molecule has 1 fully saturated rings. The zero-order chi connectivity index (χ0) is 24.5. The van der Waals surface area contributed by atoms with Crippen LogP contribution in [0, 0.1) is 0 Å². The lowest BCUT2D eigenvalue weighted by molar-refractivity contribution is 0.123. The summed E-state index contributed by atoms with van der Waals surface area (Å²) in [5.41, 5.74) is 3.48. The molecule has 1 aliphatic rings. The predicted molar refractivity (Wildman–Crippen MR) is 146 cm³/mol. The highest BCUT2D eigenvalue weighted by Gasteiger charge is 2.35. The summed E-state index contributed by atoms with van der Waals surface area (Å²) >= 11 is 0. The first kappa shape index (κ1) is 22.6. The third kappa shape index (κ3) is 4.09. The number of nitrogens with zero attached hydrogens (tertiary/aromatic N) is 2. The highest BCUT2D eigenvalue weighted by atomic mass is 16.5. The minimum atomic E-state index is -0.0713. The topological polar surface area (TPSA) is 35.9 Å². The fourth-order valence-electron chi connectivity index (χ4n) is 5.67. The maximum Gasteiger partial charge on any atom is 0.163 e. The van der Waals surface area contributed by atoms with Gasteiger partial charge in [-0.3, -0.25) is 9.80 Å². The van der Waals surface area contributed by atoms with E-state index in [2.05, 4.69) is 94.7 Å². The molecule has 4 heteroatoms. The number of fused-ring (bicyclic) bond motifs is 2. The summed E-state index contributed by atoms with van der Waals surface area (Å²) < 4.78 is 5.48. The Hall–Kier alpha value is -3.86. The van der Waals surface area contributed by atoms with Crippen molar-refractivity contribution in [2.45, 2.75) is 19.3 Å². The van der Waals surface area contributed by atoms with E-state index in [0.717, 1.165) is 31.7 Å². The van der Waals surface area contributed by atoms with E-state index in [-0.39, 0.29) is 11.9 Å². The summed E-state index contributed by atoms with van der Waals surface area (Å²) in [7, 11) is 1.61. The summed E-state index contributed by atoms with van der Waals surface area (Å²) in [6, 6.07) is 36.0. The number of hydrogen-bond donors (Lipinski definition) is 1. The van der Waals surface area contributed by atoms with Crippen LogP contribution in [-0.4, -0.2) is 35.1 Å². The molecule has 5 aromatic rings. The van der Waals surface area contributed by atoms with Gasteiger partial charge in [0.25, 0.3) is 0 Å². The molecule has 0 unspecified atom stereocenters. The average Bonchev–Trinajstić information content (AvgIpc) is 3.31. The molecule has 0 bridgehead atoms. The molecule has 180 valence electrons. The van der Waals surface area contributed by atoms with Gasteiger partial charge in [0, 0.05) is 31.7 Å². The summed E-state index contributed by atoms with van der Waals surface area (Å²) in [4.78, 5) is 4.95. The van der Waals surface area contributed by atoms with Gasteiger partial charge in [0.2, 0.25) is 0 Å². The lowest BCUT2D eigenvalue weighted by atomic mass is 10.0. The molecular formula is C32H30N2O2. The van der Waals surface area contributed by atoms with Crippen LogP contribution >= 0.6 is 0 Å². The van der Waals surface area contributed by atoms with E-state index in [9.17, 15) is 5.11 Å². The zero-order valence-electron chi connectivity index (χ0n) is 20.5. The highest BCUT2D eigenvalue weighted by molar-refractivity contribution is 5.86. The molecule has 0 spiro atoms. The number of ether oxygens (including phenoxy) is 1. The monoisotopic (exact) mass is 474 g/mol. The van der Waals surface area contributed by atoms with Crippen molar-refractivity contribution in [2.75, 3.05) is 20.2 Å². The quantitative estimate of drug-likeness (QED) is 0.296. The zero-order valence-corrected chi connectivity index (χ0v) is 20.5. The normalized spacial score (nSPS) is 15.1. The Kier molecular flexibility index (Phi) is 6.06. The molecule has 1 N–H and O–H groups in total. The van der Waals surface area contributed by atoms with Crippen LogP contribution in [-0.2, 0) is 13.1 Å². The third-order valence-corrected chi connectivity index (χ3v) is 7.40. The number of phenolic OH excluding ortho intramolecular Hbond substituents is 1. The van der Waals surface area contributed by atoms with E-state index in [4.69, 9.17) is 4.74 Å². The van der Waals surface area contributed by atoms with Gasteiger partial charge in [0.15, 0.2) is 11.5 Å². The van der Waals surface area contributed by atoms with E-state index in [1.165, 1.54) is 32.7 Å². The van der Waals surface area contributed by atoms with Crippen LogP contribution in [0.2, 0.25) is 0 Å². The Morgan fingerprint density at radius 2 is 1.17 bits per heavy atom. The molecule has 0 saturated carbocycles. The number of phenols is 1. The second kappa shape index (κ2) is 9.65. The molecule has 0 radical (unpaired) electrons. The number of methoxy groups -OCH3 is 1. The largest absolute Gasteiger partial charge is 0.504 e. The van der Waals surface area contributed by atoms with E-state index < -0.39 is 0 Å². The van der Waals surface area contributed by atoms with Crippen LogP contribution in [0.1, 0.15) is 22.9 Å². The smallest absolute Gasteiger partial charge is 0.163 e. The number of benzene rings is 5. The average molecular weight is 475 g/mol. The van der Waals surface area contributed by atoms with Crippen LogP contribution in [0.5, 0.6) is 11.5 Å². The van der Waals surface area contributed by atoms with Gasteiger partial charge >= 0.3 is 0 Å². The van der Waals surface area contributed by atoms with Gasteiger partial charge in [0.1, 0.15) is 0 Å². The molecule has 0 aromatic heterocycles. The molecular weight excluding hydrogens is 444 g/mol. The SMILES string of the molecule is COc1cccc(C2N(Cc3cccc4ccccc34)CCN2Cc2cccc3ccccc23)c1O. The van der Waals surface area contributed by atoms with Crippen LogP contribution in [0.3, 0.4) is 0 Å². The van der Waals surface area contributed by atoms with Gasteiger partial charge < -0.3 is 9.84 Å². The molecule has 0 amide bonds. The Morgan fingerprint density at radius 3 is 1.72 bits per heavy atom. The maximum atomic E-state index is 11.2. The Labute approximate surface area is 212 Å². The van der Waals surface area contributed by atoms with Crippen molar-refractivity contribution in [1.82, 2.24) is 9.80 Å². The lowest BCUT2D eigenvalue weighted by Gasteiger charge is -2.32. The molecule has 5 aromatic carbocycles. The van der Waals surface area contributed by atoms with E-state index in [1.807, 2.05) is 18.2 Å². The molecule has 1 aliphatic heterocycles. The highest BCUT2D eigenvalue weighted by Crippen LogP contribution is 2.41. The van der Waals surface area contributed by atoms with Gasteiger partial charge in [0.05, 0.1) is 13.3 Å². The summed E-state index contributed by atoms with van der Waals surface area (Å²) in [5, 5.41) is 16.2. The minimum absolute atomic E-state index is 0.0713. The van der Waals surface area contributed by atoms with Gasteiger partial charge in [-0.15, -0.1) is 0 Å². The maximum absolute atomic E-state index is 11.2. The molecule has 1 saturated heterocycles. The first-order valence-corrected chi connectivity index (χ1v) is 12.5. The first-order chi connectivity index (χ1) is 17.7. The van der Waals surface area contributed by atoms with Crippen molar-refractivity contribution in [3.8, 4) is 11.5 Å². The Bertz CT molecular complexity index is 1430. The van der Waals surface area contributed by atoms with Crippen LogP contribution in [0.4, 0.5) is 0 Å². The van der Waals surface area contributed by atoms with Crippen molar-refractivity contribution >= 4 is 21.5 Å². The van der Waals surface area contributed by atoms with Crippen molar-refractivity contribution in [3.63, 3.8) is 0 Å². The fourth-order valence-corrected chi connectivity index (χ4v) is 5.67. The molecule has 36 heavy (non-hydrogen) atoms. The summed E-state index contributed by atoms with van der Waals surface area (Å²) in [6.45, 7) is 3.42. The van der Waals surface area contributed by atoms with Gasteiger partial charge in [-0.25, -0.2) is 0 Å². The molecule has 1 heterocycles. The van der Waals surface area contributed by atoms with E-state index in [1.54, 1.807) is 7.11 Å². The van der Waals surface area contributed by atoms with Gasteiger partial charge in [-0.2, -0.15) is 0 Å². The van der Waals surface area contributed by atoms with E-state index >= 15 is 0 Å². The van der Waals surface area contributed by atoms with Crippen molar-refractivity contribution in [3.05, 3.63) is 120 Å². The van der Waals surface area contributed by atoms with Gasteiger partial charge in [-0.05, 0) is 38.7 Å². The molecule has 0 aliphatic carbocycles. The first-order valence-electron chi connectivity index (χ1n) is 12.5. The minimum Gasteiger partial charge on any atom is -0.504 e. The number of hydrogen-bond acceptors (Lipinski definition) is 4. The van der Waals surface area contributed by atoms with Crippen molar-refractivity contribution in [1.29, 1.82) is 0 Å². The van der Waals surface area contributed by atoms with E-state index in [0.29, 0.717) is 5.75 Å². The Balaban J connectivity index is 1.40. The second-order valence-electron chi connectivity index (χ2n) is 9.49. The standard InChI is InChI=1S/C32H30N2O2/c1-36-30-18-8-17-29(31(30)35)32-33(21-25-13-6-11-23-9-2-4-15-27(23)25)19-20-34(32)22-26-14-7-12-24-10-3-5-16-28(24)26/h2-18,32,35H,19-22H2,1H3. The van der Waals surface area contributed by atoms with Crippen LogP contribution < -0.4 is 4.74 Å². The predicted octanol–water partition coefficient (Wildman–Crippen LogP) is 6.72. The van der Waals surface area contributed by atoms with Crippen molar-refractivity contribution < 1.29 is 9.84 Å². The lowest BCUT2D eigenvalue weighted by Crippen LogP contribution is -2.30. The third-order valence-electron chi connectivity index (χ3n) is 7.40. The summed E-state index contributed by atoms with van der Waals surface area (Å²) in [6.07, 6.45) is -0.0713. The summed E-state index contributed by atoms with van der Waals surface area (Å²) in [5.74, 6) is 0.729. The molecule has 0 atom stereocenters. The fraction of sp³-hybridized carbons (Fsp3) is 0.188. The number of aromatic hydroxyl groups is 1. The molecule has 4 nitrogen and oxygen atoms in total.